The van der Waals surface area contributed by atoms with Crippen molar-refractivity contribution in [3.63, 3.8) is 0 Å². The standard InChI is InChI=1S/C37H39NO/c1-5-15-28(16-6-1)32-25-37(38-23-13-14-24-38)26-33(29-17-7-2-8-18-29)35(32)34(27-37)39-36(30-19-9-3-10-20-30)31-21-11-4-12-22-31/h1-12,15-22,32-36H,13-14,23-27H2/t32-,33-,34+,35?,37?/m0/s1. The zero-order chi connectivity index (χ0) is 26.1. The second-order valence-electron chi connectivity index (χ2n) is 12.0. The molecule has 39 heavy (non-hydrogen) atoms. The van der Waals surface area contributed by atoms with Crippen molar-refractivity contribution < 1.29 is 4.74 Å². The molecule has 4 fully saturated rings. The number of ether oxygens (including phenoxy) is 1. The molecule has 0 spiro atoms. The van der Waals surface area contributed by atoms with Gasteiger partial charge in [-0.2, -0.15) is 0 Å². The Labute approximate surface area is 233 Å². The lowest BCUT2D eigenvalue weighted by atomic mass is 9.51. The van der Waals surface area contributed by atoms with Gasteiger partial charge in [-0.3, -0.25) is 4.90 Å². The molecule has 0 N–H and O–H groups in total. The average Bonchev–Trinajstić information content (AvgIpc) is 3.58. The Kier molecular flexibility index (Phi) is 6.84. The van der Waals surface area contributed by atoms with Crippen LogP contribution >= 0.6 is 0 Å². The summed E-state index contributed by atoms with van der Waals surface area (Å²) in [5.41, 5.74) is 5.63. The summed E-state index contributed by atoms with van der Waals surface area (Å²) in [6.45, 7) is 2.45. The molecule has 1 heterocycles. The summed E-state index contributed by atoms with van der Waals surface area (Å²) in [7, 11) is 0. The Balaban J connectivity index is 1.35. The van der Waals surface area contributed by atoms with Crippen molar-refractivity contribution >= 4 is 0 Å². The Bertz CT molecular complexity index is 1240. The molecule has 3 atom stereocenters. The summed E-state index contributed by atoms with van der Waals surface area (Å²) >= 11 is 0. The summed E-state index contributed by atoms with van der Waals surface area (Å²) < 4.78 is 7.46. The van der Waals surface area contributed by atoms with Gasteiger partial charge in [-0.05, 0) is 85.2 Å². The monoisotopic (exact) mass is 513 g/mol. The van der Waals surface area contributed by atoms with Crippen LogP contribution in [0.25, 0.3) is 0 Å². The number of likely N-dealkylation sites (tertiary alicyclic amines) is 1. The highest BCUT2D eigenvalue weighted by molar-refractivity contribution is 5.34. The van der Waals surface area contributed by atoms with Crippen LogP contribution in [0.15, 0.2) is 121 Å². The van der Waals surface area contributed by atoms with E-state index in [9.17, 15) is 0 Å². The molecule has 2 heteroatoms. The summed E-state index contributed by atoms with van der Waals surface area (Å²) in [6.07, 6.45) is 6.35. The molecule has 0 radical (unpaired) electrons. The first-order valence-corrected chi connectivity index (χ1v) is 14.9. The Morgan fingerprint density at radius 2 is 1.00 bits per heavy atom. The fourth-order valence-corrected chi connectivity index (χ4v) is 8.23. The molecule has 0 aromatic heterocycles. The van der Waals surface area contributed by atoms with E-state index in [4.69, 9.17) is 4.74 Å². The van der Waals surface area contributed by atoms with Gasteiger partial charge in [0, 0.05) is 5.54 Å². The van der Waals surface area contributed by atoms with E-state index in [-0.39, 0.29) is 17.7 Å². The van der Waals surface area contributed by atoms with Gasteiger partial charge in [-0.1, -0.05) is 121 Å². The lowest BCUT2D eigenvalue weighted by Gasteiger charge is -2.61. The molecule has 0 unspecified atom stereocenters. The first-order chi connectivity index (χ1) is 19.3. The van der Waals surface area contributed by atoms with Crippen LogP contribution in [0.3, 0.4) is 0 Å². The van der Waals surface area contributed by atoms with Crippen molar-refractivity contribution in [2.24, 2.45) is 5.92 Å². The maximum Gasteiger partial charge on any atom is 0.108 e. The highest BCUT2D eigenvalue weighted by Gasteiger charge is 2.59. The van der Waals surface area contributed by atoms with Crippen LogP contribution in [-0.2, 0) is 4.74 Å². The number of nitrogens with zero attached hydrogens (tertiary/aromatic N) is 1. The number of hydrogen-bond acceptors (Lipinski definition) is 2. The molecule has 4 aromatic carbocycles. The van der Waals surface area contributed by atoms with Gasteiger partial charge in [-0.25, -0.2) is 0 Å². The highest BCUT2D eigenvalue weighted by Crippen LogP contribution is 2.61. The third-order valence-electron chi connectivity index (χ3n) is 9.89. The molecule has 1 saturated heterocycles. The second kappa shape index (κ2) is 10.8. The van der Waals surface area contributed by atoms with Gasteiger partial charge in [-0.15, -0.1) is 0 Å². The molecule has 198 valence electrons. The van der Waals surface area contributed by atoms with Gasteiger partial charge in [0.25, 0.3) is 0 Å². The fourth-order valence-electron chi connectivity index (χ4n) is 8.23. The molecule has 4 aliphatic rings. The quantitative estimate of drug-likeness (QED) is 0.246. The van der Waals surface area contributed by atoms with Crippen molar-refractivity contribution in [1.29, 1.82) is 0 Å². The summed E-state index contributed by atoms with van der Waals surface area (Å²) in [5.74, 6) is 1.41. The maximum absolute atomic E-state index is 7.46. The molecule has 2 bridgehead atoms. The molecule has 0 amide bonds. The van der Waals surface area contributed by atoms with E-state index in [1.54, 1.807) is 0 Å². The molecule has 1 aliphatic heterocycles. The number of hydrogen-bond donors (Lipinski definition) is 0. The van der Waals surface area contributed by atoms with Crippen molar-refractivity contribution in [3.8, 4) is 0 Å². The van der Waals surface area contributed by atoms with Crippen molar-refractivity contribution in [2.45, 2.75) is 61.7 Å². The first kappa shape index (κ1) is 24.8. The summed E-state index contributed by atoms with van der Waals surface area (Å²) in [6, 6.07) is 44.4. The summed E-state index contributed by atoms with van der Waals surface area (Å²) in [4.78, 5) is 2.87. The SMILES string of the molecule is c1ccc(C(O[C@@H]2CC3(N4CCCC4)C[C@@H](c4ccccc4)C2[C@H](c2ccccc2)C3)c2ccccc2)cc1. The van der Waals surface area contributed by atoms with E-state index >= 15 is 0 Å². The lowest BCUT2D eigenvalue weighted by Crippen LogP contribution is -2.62. The van der Waals surface area contributed by atoms with Crippen LogP contribution in [0.1, 0.15) is 72.3 Å². The van der Waals surface area contributed by atoms with E-state index in [1.807, 2.05) is 0 Å². The number of benzene rings is 4. The van der Waals surface area contributed by atoms with Gasteiger partial charge in [0.1, 0.15) is 6.10 Å². The van der Waals surface area contributed by atoms with Crippen molar-refractivity contribution in [3.05, 3.63) is 144 Å². The zero-order valence-electron chi connectivity index (χ0n) is 22.7. The lowest BCUT2D eigenvalue weighted by molar-refractivity contribution is -0.141. The Hall–Kier alpha value is -3.20. The predicted molar refractivity (Wildman–Crippen MR) is 159 cm³/mol. The van der Waals surface area contributed by atoms with Crippen LogP contribution in [0.5, 0.6) is 0 Å². The molecule has 3 aliphatic carbocycles. The molecular weight excluding hydrogens is 474 g/mol. The fraction of sp³-hybridized carbons (Fsp3) is 0.351. The smallest absolute Gasteiger partial charge is 0.108 e. The van der Waals surface area contributed by atoms with E-state index < -0.39 is 0 Å². The largest absolute Gasteiger partial charge is 0.365 e. The van der Waals surface area contributed by atoms with Crippen LogP contribution in [-0.4, -0.2) is 29.6 Å². The van der Waals surface area contributed by atoms with E-state index in [0.717, 1.165) is 6.42 Å². The van der Waals surface area contributed by atoms with Crippen LogP contribution < -0.4 is 0 Å². The summed E-state index contributed by atoms with van der Waals surface area (Å²) in [5, 5.41) is 0. The van der Waals surface area contributed by atoms with Gasteiger partial charge >= 0.3 is 0 Å². The van der Waals surface area contributed by atoms with E-state index in [2.05, 4.69) is 126 Å². The zero-order valence-corrected chi connectivity index (χ0v) is 22.7. The van der Waals surface area contributed by atoms with Crippen LogP contribution in [0.4, 0.5) is 0 Å². The van der Waals surface area contributed by atoms with E-state index in [0.29, 0.717) is 17.8 Å². The average molecular weight is 514 g/mol. The minimum atomic E-state index is -0.0692. The highest BCUT2D eigenvalue weighted by atomic mass is 16.5. The normalized spacial score (nSPS) is 28.6. The maximum atomic E-state index is 7.46. The molecular formula is C37H39NO. The minimum Gasteiger partial charge on any atom is -0.365 e. The molecule has 8 rings (SSSR count). The molecule has 2 nitrogen and oxygen atoms in total. The predicted octanol–water partition coefficient (Wildman–Crippen LogP) is 8.38. The van der Waals surface area contributed by atoms with Gasteiger partial charge in [0.05, 0.1) is 6.10 Å². The van der Waals surface area contributed by atoms with Crippen LogP contribution in [0.2, 0.25) is 0 Å². The van der Waals surface area contributed by atoms with Gasteiger partial charge in [0.2, 0.25) is 0 Å². The van der Waals surface area contributed by atoms with Crippen molar-refractivity contribution in [1.82, 2.24) is 4.90 Å². The van der Waals surface area contributed by atoms with Gasteiger partial charge in [0.15, 0.2) is 0 Å². The number of rotatable bonds is 7. The van der Waals surface area contributed by atoms with E-state index in [1.165, 1.54) is 61.0 Å². The molecule has 4 aromatic rings. The number of fused-ring (bicyclic) bond motifs is 3. The minimum absolute atomic E-state index is 0.0692. The third-order valence-corrected chi connectivity index (χ3v) is 9.89. The third kappa shape index (κ3) is 4.75. The Morgan fingerprint density at radius 3 is 1.46 bits per heavy atom. The second-order valence-corrected chi connectivity index (χ2v) is 12.0. The first-order valence-electron chi connectivity index (χ1n) is 14.9. The van der Waals surface area contributed by atoms with Crippen LogP contribution in [0, 0.1) is 5.92 Å². The Morgan fingerprint density at radius 1 is 0.564 bits per heavy atom. The van der Waals surface area contributed by atoms with Crippen molar-refractivity contribution in [2.75, 3.05) is 13.1 Å². The van der Waals surface area contributed by atoms with Gasteiger partial charge < -0.3 is 4.74 Å². The molecule has 3 saturated carbocycles. The topological polar surface area (TPSA) is 12.5 Å².